The Hall–Kier alpha value is -0.670. The van der Waals surface area contributed by atoms with E-state index in [4.69, 9.17) is 5.14 Å². The molecule has 1 aromatic carbocycles. The van der Waals surface area contributed by atoms with Crippen molar-refractivity contribution in [3.63, 3.8) is 0 Å². The summed E-state index contributed by atoms with van der Waals surface area (Å²) in [5.41, 5.74) is 0.803. The zero-order valence-corrected chi connectivity index (χ0v) is 15.8. The van der Waals surface area contributed by atoms with Crippen molar-refractivity contribution in [1.82, 2.24) is 10.2 Å². The van der Waals surface area contributed by atoms with Gasteiger partial charge in [-0.25, -0.2) is 13.6 Å². The van der Waals surface area contributed by atoms with Crippen molar-refractivity contribution >= 4 is 44.3 Å². The third-order valence-corrected chi connectivity index (χ3v) is 6.03. The minimum absolute atomic E-state index is 0. The number of halogens is 2. The number of likely N-dealkylation sites (tertiary alicyclic amines) is 1. The lowest BCUT2D eigenvalue weighted by Crippen LogP contribution is -2.32. The van der Waals surface area contributed by atoms with Gasteiger partial charge in [0.1, 0.15) is 0 Å². The highest BCUT2D eigenvalue weighted by Gasteiger charge is 2.38. The fraction of sp³-hybridized carbons (Fsp3) is 0.500. The van der Waals surface area contributed by atoms with Crippen LogP contribution in [0.2, 0.25) is 0 Å². The molecule has 2 aliphatic heterocycles. The Morgan fingerprint density at radius 2 is 1.87 bits per heavy atom. The topological polar surface area (TPSA) is 92.5 Å². The predicted molar refractivity (Wildman–Crippen MR) is 93.3 cm³/mol. The van der Waals surface area contributed by atoms with Gasteiger partial charge in [-0.2, -0.15) is 0 Å². The molecule has 6 nitrogen and oxygen atoms in total. The quantitative estimate of drug-likeness (QED) is 0.744. The van der Waals surface area contributed by atoms with Crippen molar-refractivity contribution in [2.45, 2.75) is 11.8 Å². The first-order valence-corrected chi connectivity index (χ1v) is 9.44. The van der Waals surface area contributed by atoms with E-state index in [0.717, 1.165) is 13.1 Å². The smallest absolute Gasteiger partial charge is 0.254 e. The van der Waals surface area contributed by atoms with E-state index in [1.54, 1.807) is 13.0 Å². The maximum Gasteiger partial charge on any atom is 0.254 e. The zero-order valence-electron chi connectivity index (χ0n) is 12.6. The molecular formula is C14H19BrClN3O3S. The van der Waals surface area contributed by atoms with Gasteiger partial charge in [-0.1, -0.05) is 15.9 Å². The molecule has 1 aromatic rings. The van der Waals surface area contributed by atoms with Crippen LogP contribution in [-0.4, -0.2) is 45.4 Å². The highest BCUT2D eigenvalue weighted by atomic mass is 79.9. The van der Waals surface area contributed by atoms with Gasteiger partial charge in [-0.15, -0.1) is 12.4 Å². The summed E-state index contributed by atoms with van der Waals surface area (Å²) in [6, 6.07) is 3.10. The van der Waals surface area contributed by atoms with Crippen LogP contribution in [0.1, 0.15) is 15.9 Å². The summed E-state index contributed by atoms with van der Waals surface area (Å²) in [4.78, 5) is 14.6. The molecular weight excluding hydrogens is 406 g/mol. The van der Waals surface area contributed by atoms with Crippen LogP contribution in [0.15, 0.2) is 21.5 Å². The third-order valence-electron chi connectivity index (χ3n) is 4.54. The van der Waals surface area contributed by atoms with E-state index in [-0.39, 0.29) is 23.2 Å². The maximum absolute atomic E-state index is 12.8. The number of sulfonamides is 1. The molecule has 2 saturated heterocycles. The van der Waals surface area contributed by atoms with Crippen LogP contribution in [-0.2, 0) is 10.0 Å². The Balaban J connectivity index is 0.00000192. The molecule has 1 amide bonds. The predicted octanol–water partition coefficient (Wildman–Crippen LogP) is 1.12. The molecule has 3 N–H and O–H groups in total. The van der Waals surface area contributed by atoms with Crippen LogP contribution < -0.4 is 10.5 Å². The number of hydrogen-bond donors (Lipinski definition) is 2. The van der Waals surface area contributed by atoms with Crippen LogP contribution in [0.5, 0.6) is 0 Å². The minimum Gasteiger partial charge on any atom is -0.338 e. The Bertz CT molecular complexity index is 729. The van der Waals surface area contributed by atoms with E-state index in [2.05, 4.69) is 21.2 Å². The number of amides is 1. The molecule has 2 atom stereocenters. The van der Waals surface area contributed by atoms with Crippen LogP contribution in [0.3, 0.4) is 0 Å². The monoisotopic (exact) mass is 423 g/mol. The van der Waals surface area contributed by atoms with E-state index >= 15 is 0 Å². The Morgan fingerprint density at radius 3 is 2.39 bits per heavy atom. The van der Waals surface area contributed by atoms with Crippen LogP contribution in [0.4, 0.5) is 0 Å². The van der Waals surface area contributed by atoms with Crippen LogP contribution in [0.25, 0.3) is 0 Å². The van der Waals surface area contributed by atoms with Crippen LogP contribution in [0, 0.1) is 18.8 Å². The summed E-state index contributed by atoms with van der Waals surface area (Å²) in [6.45, 7) is 4.93. The minimum atomic E-state index is -3.86. The summed E-state index contributed by atoms with van der Waals surface area (Å²) < 4.78 is 23.9. The van der Waals surface area contributed by atoms with Gasteiger partial charge in [0.15, 0.2) is 0 Å². The standard InChI is InChI=1S/C14H18BrN3O3S.ClH/c1-8-12(2-11(15)3-13(8)22(16,20)21)14(19)18-6-9-4-17-5-10(9)7-18;/h2-3,9-10,17H,4-7H2,1H3,(H2,16,20,21);1H/t9-,10+;. The van der Waals surface area contributed by atoms with Gasteiger partial charge < -0.3 is 10.2 Å². The average molecular weight is 425 g/mol. The van der Waals surface area contributed by atoms with Gasteiger partial charge in [-0.05, 0) is 36.5 Å². The average Bonchev–Trinajstić information content (AvgIpc) is 2.99. The molecule has 2 fully saturated rings. The molecule has 0 bridgehead atoms. The maximum atomic E-state index is 12.8. The molecule has 128 valence electrons. The molecule has 0 radical (unpaired) electrons. The Labute approximate surface area is 150 Å². The van der Waals surface area contributed by atoms with E-state index in [0.29, 0.717) is 40.5 Å². The highest BCUT2D eigenvalue weighted by molar-refractivity contribution is 9.10. The number of carbonyl (C=O) groups is 1. The summed E-state index contributed by atoms with van der Waals surface area (Å²) in [5, 5.41) is 8.57. The number of carbonyl (C=O) groups excluding carboxylic acids is 1. The lowest BCUT2D eigenvalue weighted by Gasteiger charge is -2.20. The van der Waals surface area contributed by atoms with Gasteiger partial charge >= 0.3 is 0 Å². The van der Waals surface area contributed by atoms with Crippen molar-refractivity contribution in [2.24, 2.45) is 17.0 Å². The van der Waals surface area contributed by atoms with Crippen molar-refractivity contribution in [1.29, 1.82) is 0 Å². The molecule has 9 heteroatoms. The van der Waals surface area contributed by atoms with E-state index < -0.39 is 10.0 Å². The van der Waals surface area contributed by atoms with Crippen molar-refractivity contribution in [2.75, 3.05) is 26.2 Å². The normalized spacial score (nSPS) is 23.5. The lowest BCUT2D eigenvalue weighted by molar-refractivity contribution is 0.0780. The lowest BCUT2D eigenvalue weighted by atomic mass is 10.0. The van der Waals surface area contributed by atoms with Gasteiger partial charge in [-0.3, -0.25) is 4.79 Å². The number of primary sulfonamides is 1. The second kappa shape index (κ2) is 6.68. The van der Waals surface area contributed by atoms with E-state index in [9.17, 15) is 13.2 Å². The highest BCUT2D eigenvalue weighted by Crippen LogP contribution is 2.30. The molecule has 0 unspecified atom stereocenters. The molecule has 2 heterocycles. The van der Waals surface area contributed by atoms with Gasteiger partial charge in [0, 0.05) is 36.2 Å². The van der Waals surface area contributed by atoms with Gasteiger partial charge in [0.25, 0.3) is 5.91 Å². The van der Waals surface area contributed by atoms with Crippen molar-refractivity contribution in [3.05, 3.63) is 27.7 Å². The number of nitrogens with two attached hydrogens (primary N) is 1. The summed E-state index contributed by atoms with van der Waals surface area (Å²) in [5.74, 6) is 0.862. The first-order chi connectivity index (χ1) is 10.3. The fourth-order valence-corrected chi connectivity index (χ4v) is 4.80. The molecule has 2 aliphatic rings. The van der Waals surface area contributed by atoms with Gasteiger partial charge in [0.05, 0.1) is 4.90 Å². The Morgan fingerprint density at radius 1 is 1.30 bits per heavy atom. The summed E-state index contributed by atoms with van der Waals surface area (Å²) in [7, 11) is -3.86. The molecule has 23 heavy (non-hydrogen) atoms. The van der Waals surface area contributed by atoms with Crippen molar-refractivity contribution < 1.29 is 13.2 Å². The molecule has 0 aliphatic carbocycles. The number of benzene rings is 1. The number of rotatable bonds is 2. The van der Waals surface area contributed by atoms with Gasteiger partial charge in [0.2, 0.25) is 10.0 Å². The third kappa shape index (κ3) is 3.56. The molecule has 0 aromatic heterocycles. The van der Waals surface area contributed by atoms with Crippen LogP contribution >= 0.6 is 28.3 Å². The second-order valence-electron chi connectivity index (χ2n) is 6.01. The Kier molecular flexibility index (Phi) is 5.42. The first kappa shape index (κ1) is 18.7. The number of hydrogen-bond acceptors (Lipinski definition) is 4. The number of fused-ring (bicyclic) bond motifs is 1. The summed E-state index contributed by atoms with van der Waals surface area (Å²) in [6.07, 6.45) is 0. The van der Waals surface area contributed by atoms with Crippen molar-refractivity contribution in [3.8, 4) is 0 Å². The molecule has 0 saturated carbocycles. The van der Waals surface area contributed by atoms with E-state index in [1.165, 1.54) is 6.07 Å². The summed E-state index contributed by atoms with van der Waals surface area (Å²) >= 11 is 3.26. The SMILES string of the molecule is Cc1c(C(=O)N2C[C@H]3CNC[C@H]3C2)cc(Br)cc1S(N)(=O)=O.Cl. The molecule has 0 spiro atoms. The first-order valence-electron chi connectivity index (χ1n) is 7.10. The second-order valence-corrected chi connectivity index (χ2v) is 8.46. The molecule has 3 rings (SSSR count). The fourth-order valence-electron chi connectivity index (χ4n) is 3.36. The van der Waals surface area contributed by atoms with E-state index in [1.807, 2.05) is 4.90 Å². The largest absolute Gasteiger partial charge is 0.338 e. The zero-order chi connectivity index (χ0) is 16.1. The number of nitrogens with zero attached hydrogens (tertiary/aromatic N) is 1. The number of nitrogens with one attached hydrogen (secondary N) is 1.